The van der Waals surface area contributed by atoms with Crippen LogP contribution >= 0.6 is 12.2 Å². The summed E-state index contributed by atoms with van der Waals surface area (Å²) in [4.78, 5) is 0. The average molecular weight is 290 g/mol. The van der Waals surface area contributed by atoms with Crippen molar-refractivity contribution in [2.75, 3.05) is 19.5 Å². The highest BCUT2D eigenvalue weighted by Gasteiger charge is 2.05. The molecule has 0 atom stereocenters. The summed E-state index contributed by atoms with van der Waals surface area (Å²) in [7, 11) is 3.24. The first-order valence-electron chi connectivity index (χ1n) is 6.39. The van der Waals surface area contributed by atoms with Crippen LogP contribution in [0.5, 0.6) is 11.5 Å². The Hall–Kier alpha value is -2.01. The third-order valence-electron chi connectivity index (χ3n) is 2.86. The fraction of sp³-hybridized carbons (Fsp3) is 0.267. The monoisotopic (exact) mass is 290 g/mol. The van der Waals surface area contributed by atoms with Crippen LogP contribution in [0, 0.1) is 0 Å². The highest BCUT2D eigenvalue weighted by Crippen LogP contribution is 2.25. The van der Waals surface area contributed by atoms with E-state index in [0.717, 1.165) is 24.2 Å². The highest BCUT2D eigenvalue weighted by atomic mass is 32.1. The second kappa shape index (κ2) is 6.96. The lowest BCUT2D eigenvalue weighted by Gasteiger charge is -2.14. The lowest BCUT2D eigenvalue weighted by molar-refractivity contribution is 0.395. The van der Waals surface area contributed by atoms with Gasteiger partial charge in [0.15, 0.2) is 5.11 Å². The molecule has 1 aromatic rings. The fourth-order valence-electron chi connectivity index (χ4n) is 1.88. The molecule has 0 bridgehead atoms. The van der Waals surface area contributed by atoms with Gasteiger partial charge in [0.05, 0.1) is 14.2 Å². The molecule has 2 rings (SSSR count). The van der Waals surface area contributed by atoms with Crippen LogP contribution in [0.1, 0.15) is 12.8 Å². The molecule has 20 heavy (non-hydrogen) atoms. The first-order valence-corrected chi connectivity index (χ1v) is 6.80. The standard InChI is InChI=1S/C15H18N2O2S/c1-18-13-8-12(9-14(10-13)19-2)17-15(20)16-11-6-4-3-5-7-11/h4,6-10H,3,5H2,1-2H3,(H2,16,17,20). The Labute approximate surface area is 124 Å². The van der Waals surface area contributed by atoms with Crippen molar-refractivity contribution >= 4 is 23.0 Å². The van der Waals surface area contributed by atoms with Crippen molar-refractivity contribution < 1.29 is 9.47 Å². The van der Waals surface area contributed by atoms with Gasteiger partial charge in [-0.05, 0) is 31.1 Å². The summed E-state index contributed by atoms with van der Waals surface area (Å²) in [6.45, 7) is 0. The van der Waals surface area contributed by atoms with E-state index in [-0.39, 0.29) is 0 Å². The van der Waals surface area contributed by atoms with E-state index in [1.54, 1.807) is 14.2 Å². The molecule has 1 aromatic carbocycles. The van der Waals surface area contributed by atoms with Gasteiger partial charge < -0.3 is 20.1 Å². The Morgan fingerprint density at radius 1 is 1.05 bits per heavy atom. The van der Waals surface area contributed by atoms with Gasteiger partial charge in [0.2, 0.25) is 0 Å². The Bertz CT molecular complexity index is 531. The number of methoxy groups -OCH3 is 2. The summed E-state index contributed by atoms with van der Waals surface area (Å²) >= 11 is 5.30. The van der Waals surface area contributed by atoms with Gasteiger partial charge in [-0.3, -0.25) is 0 Å². The van der Waals surface area contributed by atoms with Crippen molar-refractivity contribution in [3.05, 3.63) is 42.1 Å². The van der Waals surface area contributed by atoms with Crippen LogP contribution in [0.2, 0.25) is 0 Å². The number of hydrogen-bond donors (Lipinski definition) is 2. The first kappa shape index (κ1) is 14.4. The zero-order valence-corrected chi connectivity index (χ0v) is 12.4. The summed E-state index contributed by atoms with van der Waals surface area (Å²) in [6, 6.07) is 5.54. The van der Waals surface area contributed by atoms with E-state index in [4.69, 9.17) is 21.7 Å². The quantitative estimate of drug-likeness (QED) is 0.833. The zero-order chi connectivity index (χ0) is 14.4. The molecule has 0 fully saturated rings. The second-order valence-corrected chi connectivity index (χ2v) is 4.73. The molecule has 1 aliphatic carbocycles. The number of thiocarbonyl (C=S) groups is 1. The van der Waals surface area contributed by atoms with E-state index < -0.39 is 0 Å². The summed E-state index contributed by atoms with van der Waals surface area (Å²) in [5, 5.41) is 6.82. The van der Waals surface area contributed by atoms with Crippen LogP contribution in [-0.2, 0) is 0 Å². The summed E-state index contributed by atoms with van der Waals surface area (Å²) in [6.07, 6.45) is 8.40. The number of rotatable bonds is 4. The number of nitrogens with one attached hydrogen (secondary N) is 2. The maximum Gasteiger partial charge on any atom is 0.175 e. The molecule has 2 N–H and O–H groups in total. The van der Waals surface area contributed by atoms with E-state index in [2.05, 4.69) is 22.8 Å². The average Bonchev–Trinajstić information content (AvgIpc) is 2.47. The SMILES string of the molecule is COc1cc(NC(=S)NC2=CCCC=C2)cc(OC)c1. The van der Waals surface area contributed by atoms with E-state index in [1.165, 1.54) is 0 Å². The van der Waals surface area contributed by atoms with Gasteiger partial charge in [-0.2, -0.15) is 0 Å². The van der Waals surface area contributed by atoms with Crippen LogP contribution in [0.25, 0.3) is 0 Å². The van der Waals surface area contributed by atoms with E-state index >= 15 is 0 Å². The Morgan fingerprint density at radius 3 is 2.30 bits per heavy atom. The van der Waals surface area contributed by atoms with Gasteiger partial charge in [0.1, 0.15) is 11.5 Å². The van der Waals surface area contributed by atoms with Crippen LogP contribution in [-0.4, -0.2) is 19.3 Å². The molecule has 0 aliphatic heterocycles. The maximum absolute atomic E-state index is 5.30. The molecule has 5 heteroatoms. The molecular formula is C15H18N2O2S. The van der Waals surface area contributed by atoms with Gasteiger partial charge in [0.25, 0.3) is 0 Å². The number of ether oxygens (including phenoxy) is 2. The van der Waals surface area contributed by atoms with Gasteiger partial charge in [-0.15, -0.1) is 0 Å². The van der Waals surface area contributed by atoms with Crippen molar-refractivity contribution in [3.8, 4) is 11.5 Å². The normalized spacial score (nSPS) is 13.4. The minimum absolute atomic E-state index is 0.540. The number of anilines is 1. The van der Waals surface area contributed by atoms with Crippen molar-refractivity contribution in [1.29, 1.82) is 0 Å². The molecule has 1 aliphatic rings. The van der Waals surface area contributed by atoms with Crippen molar-refractivity contribution in [2.24, 2.45) is 0 Å². The predicted molar refractivity (Wildman–Crippen MR) is 85.4 cm³/mol. The molecule has 0 aromatic heterocycles. The molecule has 0 spiro atoms. The molecule has 0 saturated carbocycles. The smallest absolute Gasteiger partial charge is 0.175 e. The lowest BCUT2D eigenvalue weighted by atomic mass is 10.1. The van der Waals surface area contributed by atoms with Gasteiger partial charge >= 0.3 is 0 Å². The lowest BCUT2D eigenvalue weighted by Crippen LogP contribution is -2.27. The van der Waals surface area contributed by atoms with Crippen molar-refractivity contribution in [3.63, 3.8) is 0 Å². The summed E-state index contributed by atoms with van der Waals surface area (Å²) in [5.41, 5.74) is 1.84. The highest BCUT2D eigenvalue weighted by molar-refractivity contribution is 7.80. The third kappa shape index (κ3) is 3.99. The summed E-state index contributed by atoms with van der Waals surface area (Å²) < 4.78 is 10.4. The molecule has 0 radical (unpaired) electrons. The Morgan fingerprint density at radius 2 is 1.75 bits per heavy atom. The first-order chi connectivity index (χ1) is 9.71. The van der Waals surface area contributed by atoms with Crippen LogP contribution in [0.15, 0.2) is 42.1 Å². The minimum atomic E-state index is 0.540. The van der Waals surface area contributed by atoms with Gasteiger partial charge in [-0.1, -0.05) is 12.2 Å². The minimum Gasteiger partial charge on any atom is -0.497 e. The summed E-state index contributed by atoms with van der Waals surface area (Å²) in [5.74, 6) is 1.43. The molecule has 106 valence electrons. The Balaban J connectivity index is 2.03. The fourth-order valence-corrected chi connectivity index (χ4v) is 2.11. The van der Waals surface area contributed by atoms with Crippen molar-refractivity contribution in [2.45, 2.75) is 12.8 Å². The van der Waals surface area contributed by atoms with E-state index in [0.29, 0.717) is 16.6 Å². The molecule has 0 heterocycles. The number of allylic oxidation sites excluding steroid dienone is 3. The zero-order valence-electron chi connectivity index (χ0n) is 11.6. The van der Waals surface area contributed by atoms with E-state index in [9.17, 15) is 0 Å². The second-order valence-electron chi connectivity index (χ2n) is 4.32. The molecule has 4 nitrogen and oxygen atoms in total. The topological polar surface area (TPSA) is 42.5 Å². The molecule has 0 saturated heterocycles. The number of hydrogen-bond acceptors (Lipinski definition) is 3. The van der Waals surface area contributed by atoms with Crippen LogP contribution < -0.4 is 20.1 Å². The van der Waals surface area contributed by atoms with Crippen LogP contribution in [0.4, 0.5) is 5.69 Å². The number of benzene rings is 1. The maximum atomic E-state index is 5.30. The van der Waals surface area contributed by atoms with E-state index in [1.807, 2.05) is 24.3 Å². The third-order valence-corrected chi connectivity index (χ3v) is 3.07. The molecule has 0 amide bonds. The predicted octanol–water partition coefficient (Wildman–Crippen LogP) is 3.22. The van der Waals surface area contributed by atoms with Crippen molar-refractivity contribution in [1.82, 2.24) is 5.32 Å². The largest absolute Gasteiger partial charge is 0.497 e. The van der Waals surface area contributed by atoms with Gasteiger partial charge in [0, 0.05) is 29.6 Å². The molecule has 0 unspecified atom stereocenters. The Kier molecular flexibility index (Phi) is 5.01. The molecular weight excluding hydrogens is 272 g/mol. The van der Waals surface area contributed by atoms with Crippen LogP contribution in [0.3, 0.4) is 0 Å². The van der Waals surface area contributed by atoms with Gasteiger partial charge in [-0.25, -0.2) is 0 Å².